The third-order valence-corrected chi connectivity index (χ3v) is 2.94. The van der Waals surface area contributed by atoms with Crippen LogP contribution in [0.15, 0.2) is 22.8 Å². The molecular formula is C13H22N2O2. The first kappa shape index (κ1) is 13.8. The van der Waals surface area contributed by atoms with Crippen LogP contribution in [0.2, 0.25) is 0 Å². The predicted molar refractivity (Wildman–Crippen MR) is 67.5 cm³/mol. The van der Waals surface area contributed by atoms with Crippen LogP contribution in [0, 0.1) is 5.92 Å². The Bertz CT molecular complexity index is 318. The molecule has 3 N–H and O–H groups in total. The fraction of sp³-hybridized carbons (Fsp3) is 0.615. The molecule has 1 aromatic heterocycles. The number of aryl methyl sites for hydroxylation is 1. The summed E-state index contributed by atoms with van der Waals surface area (Å²) in [4.78, 5) is 11.8. The number of carbonyl (C=O) groups excluding carboxylic acids is 1. The van der Waals surface area contributed by atoms with E-state index < -0.39 is 0 Å². The first-order valence-electron chi connectivity index (χ1n) is 6.20. The molecule has 0 aliphatic carbocycles. The molecule has 2 unspecified atom stereocenters. The Balaban J connectivity index is 2.29. The maximum atomic E-state index is 11.8. The van der Waals surface area contributed by atoms with Crippen LogP contribution in [0.4, 0.5) is 0 Å². The number of carbonyl (C=O) groups is 1. The first-order chi connectivity index (χ1) is 8.17. The van der Waals surface area contributed by atoms with E-state index in [9.17, 15) is 4.79 Å². The van der Waals surface area contributed by atoms with Crippen molar-refractivity contribution in [2.75, 3.05) is 6.54 Å². The molecule has 0 radical (unpaired) electrons. The van der Waals surface area contributed by atoms with Gasteiger partial charge >= 0.3 is 0 Å². The van der Waals surface area contributed by atoms with Gasteiger partial charge in [-0.15, -0.1) is 0 Å². The van der Waals surface area contributed by atoms with Crippen LogP contribution in [-0.4, -0.2) is 18.5 Å². The van der Waals surface area contributed by atoms with Crippen LogP contribution in [0.1, 0.15) is 32.4 Å². The number of furan rings is 1. The highest BCUT2D eigenvalue weighted by Gasteiger charge is 2.16. The van der Waals surface area contributed by atoms with Gasteiger partial charge in [-0.1, -0.05) is 6.92 Å². The smallest absolute Gasteiger partial charge is 0.224 e. The molecule has 96 valence electrons. The van der Waals surface area contributed by atoms with E-state index in [1.165, 1.54) is 0 Å². The van der Waals surface area contributed by atoms with Gasteiger partial charge in [-0.05, 0) is 31.9 Å². The minimum absolute atomic E-state index is 0.0574. The highest BCUT2D eigenvalue weighted by atomic mass is 16.3. The summed E-state index contributed by atoms with van der Waals surface area (Å²) in [6.07, 6.45) is 4.17. The second kappa shape index (κ2) is 7.12. The zero-order valence-corrected chi connectivity index (χ0v) is 10.6. The summed E-state index contributed by atoms with van der Waals surface area (Å²) in [5.74, 6) is 0.944. The number of hydrogen-bond donors (Lipinski definition) is 2. The Hall–Kier alpha value is -1.29. The molecule has 0 saturated carbocycles. The van der Waals surface area contributed by atoms with Gasteiger partial charge in [0.05, 0.1) is 6.26 Å². The number of amides is 1. The molecule has 1 heterocycles. The summed E-state index contributed by atoms with van der Waals surface area (Å²) in [7, 11) is 0. The van der Waals surface area contributed by atoms with Crippen molar-refractivity contribution in [3.63, 3.8) is 0 Å². The topological polar surface area (TPSA) is 68.3 Å². The van der Waals surface area contributed by atoms with Crippen LogP contribution in [0.5, 0.6) is 0 Å². The Morgan fingerprint density at radius 1 is 1.59 bits per heavy atom. The summed E-state index contributed by atoms with van der Waals surface area (Å²) in [5.41, 5.74) is 5.54. The average molecular weight is 238 g/mol. The van der Waals surface area contributed by atoms with Gasteiger partial charge in [0.1, 0.15) is 5.76 Å². The third-order valence-electron chi connectivity index (χ3n) is 2.94. The van der Waals surface area contributed by atoms with Crippen molar-refractivity contribution in [3.8, 4) is 0 Å². The molecule has 0 aromatic carbocycles. The van der Waals surface area contributed by atoms with Gasteiger partial charge in [0.2, 0.25) is 5.91 Å². The van der Waals surface area contributed by atoms with Crippen LogP contribution >= 0.6 is 0 Å². The van der Waals surface area contributed by atoms with E-state index in [0.29, 0.717) is 6.54 Å². The number of hydrogen-bond acceptors (Lipinski definition) is 3. The summed E-state index contributed by atoms with van der Waals surface area (Å²) in [5, 5.41) is 2.98. The molecule has 1 aromatic rings. The highest BCUT2D eigenvalue weighted by molar-refractivity contribution is 5.79. The molecule has 4 nitrogen and oxygen atoms in total. The lowest BCUT2D eigenvalue weighted by molar-refractivity contribution is -0.125. The fourth-order valence-electron chi connectivity index (χ4n) is 1.71. The van der Waals surface area contributed by atoms with Gasteiger partial charge in [-0.25, -0.2) is 0 Å². The van der Waals surface area contributed by atoms with Crippen molar-refractivity contribution >= 4 is 5.91 Å². The van der Waals surface area contributed by atoms with Crippen molar-refractivity contribution in [1.82, 2.24) is 5.32 Å². The van der Waals surface area contributed by atoms with Crippen molar-refractivity contribution in [1.29, 1.82) is 0 Å². The summed E-state index contributed by atoms with van der Waals surface area (Å²) in [6, 6.07) is 3.97. The van der Waals surface area contributed by atoms with E-state index >= 15 is 0 Å². The fourth-order valence-corrected chi connectivity index (χ4v) is 1.71. The van der Waals surface area contributed by atoms with Crippen LogP contribution in [0.25, 0.3) is 0 Å². The molecule has 0 fully saturated rings. The molecule has 1 rings (SSSR count). The van der Waals surface area contributed by atoms with E-state index in [1.807, 2.05) is 26.0 Å². The van der Waals surface area contributed by atoms with Crippen molar-refractivity contribution < 1.29 is 9.21 Å². The van der Waals surface area contributed by atoms with Crippen molar-refractivity contribution in [2.45, 2.75) is 39.2 Å². The first-order valence-corrected chi connectivity index (χ1v) is 6.20. The van der Waals surface area contributed by atoms with Gasteiger partial charge in [-0.3, -0.25) is 4.79 Å². The number of nitrogens with one attached hydrogen (secondary N) is 1. The molecule has 0 spiro atoms. The lowest BCUT2D eigenvalue weighted by atomic mass is 10.0. The normalized spacial score (nSPS) is 14.3. The Morgan fingerprint density at radius 3 is 2.88 bits per heavy atom. The van der Waals surface area contributed by atoms with E-state index in [4.69, 9.17) is 10.2 Å². The average Bonchev–Trinajstić information content (AvgIpc) is 2.81. The van der Waals surface area contributed by atoms with E-state index in [0.717, 1.165) is 25.0 Å². The Labute approximate surface area is 103 Å². The molecule has 2 atom stereocenters. The van der Waals surface area contributed by atoms with E-state index in [2.05, 4.69) is 5.32 Å². The van der Waals surface area contributed by atoms with Gasteiger partial charge in [0.25, 0.3) is 0 Å². The molecule has 17 heavy (non-hydrogen) atoms. The minimum atomic E-state index is -0.0685. The molecule has 0 aliphatic rings. The van der Waals surface area contributed by atoms with E-state index in [1.54, 1.807) is 6.26 Å². The summed E-state index contributed by atoms with van der Waals surface area (Å²) < 4.78 is 5.25. The van der Waals surface area contributed by atoms with Gasteiger partial charge in [0.15, 0.2) is 0 Å². The SMILES string of the molecule is CCC(CN)C(=O)NC(C)CCc1ccco1. The summed E-state index contributed by atoms with van der Waals surface area (Å²) >= 11 is 0. The number of rotatable bonds is 7. The zero-order valence-electron chi connectivity index (χ0n) is 10.6. The quantitative estimate of drug-likeness (QED) is 0.759. The lowest BCUT2D eigenvalue weighted by Gasteiger charge is -2.17. The highest BCUT2D eigenvalue weighted by Crippen LogP contribution is 2.07. The predicted octanol–water partition coefficient (Wildman–Crippen LogP) is 1.70. The van der Waals surface area contributed by atoms with E-state index in [-0.39, 0.29) is 17.9 Å². The second-order valence-electron chi connectivity index (χ2n) is 4.37. The maximum Gasteiger partial charge on any atom is 0.224 e. The Kier molecular flexibility index (Phi) is 5.77. The van der Waals surface area contributed by atoms with Crippen molar-refractivity contribution in [3.05, 3.63) is 24.2 Å². The van der Waals surface area contributed by atoms with Crippen LogP contribution in [-0.2, 0) is 11.2 Å². The minimum Gasteiger partial charge on any atom is -0.469 e. The number of nitrogens with two attached hydrogens (primary N) is 1. The van der Waals surface area contributed by atoms with Gasteiger partial charge in [0, 0.05) is 24.9 Å². The van der Waals surface area contributed by atoms with Gasteiger partial charge < -0.3 is 15.5 Å². The van der Waals surface area contributed by atoms with Gasteiger partial charge in [-0.2, -0.15) is 0 Å². The molecule has 4 heteroatoms. The standard InChI is InChI=1S/C13H22N2O2/c1-3-11(9-14)13(16)15-10(2)6-7-12-5-4-8-17-12/h4-5,8,10-11H,3,6-7,9,14H2,1-2H3,(H,15,16). The zero-order chi connectivity index (χ0) is 12.7. The molecule has 0 aliphatic heterocycles. The maximum absolute atomic E-state index is 11.8. The Morgan fingerprint density at radius 2 is 2.35 bits per heavy atom. The molecule has 0 saturated heterocycles. The molecule has 1 amide bonds. The lowest BCUT2D eigenvalue weighted by Crippen LogP contribution is -2.39. The summed E-state index contributed by atoms with van der Waals surface area (Å²) in [6.45, 7) is 4.39. The second-order valence-corrected chi connectivity index (χ2v) is 4.37. The largest absolute Gasteiger partial charge is 0.469 e. The molecule has 0 bridgehead atoms. The third kappa shape index (κ3) is 4.61. The molecular weight excluding hydrogens is 216 g/mol. The van der Waals surface area contributed by atoms with Crippen LogP contribution < -0.4 is 11.1 Å². The van der Waals surface area contributed by atoms with Crippen molar-refractivity contribution in [2.24, 2.45) is 11.7 Å². The van der Waals surface area contributed by atoms with Crippen LogP contribution in [0.3, 0.4) is 0 Å². The monoisotopic (exact) mass is 238 g/mol.